The molecule has 0 saturated carbocycles. The number of hydrazone groups is 1. The number of benzene rings is 1. The number of thioether (sulfide) groups is 1. The van der Waals surface area contributed by atoms with Gasteiger partial charge in [0.2, 0.25) is 0 Å². The second-order valence-electron chi connectivity index (χ2n) is 4.33. The highest BCUT2D eigenvalue weighted by atomic mass is 32.2. The van der Waals surface area contributed by atoms with Gasteiger partial charge in [0.25, 0.3) is 0 Å². The van der Waals surface area contributed by atoms with Gasteiger partial charge in [0.05, 0.1) is 16.3 Å². The van der Waals surface area contributed by atoms with E-state index in [2.05, 4.69) is 34.6 Å². The molecule has 1 aliphatic rings. The smallest absolute Gasteiger partial charge is 0.182 e. The molecule has 0 unspecified atom stereocenters. The number of para-hydroxylation sites is 1. The van der Waals surface area contributed by atoms with Crippen LogP contribution in [0.5, 0.6) is 0 Å². The molecule has 1 aliphatic heterocycles. The second kappa shape index (κ2) is 6.24. The van der Waals surface area contributed by atoms with Crippen LogP contribution in [0.3, 0.4) is 0 Å². The van der Waals surface area contributed by atoms with Gasteiger partial charge in [0.15, 0.2) is 5.17 Å². The fourth-order valence-electron chi connectivity index (χ4n) is 1.84. The van der Waals surface area contributed by atoms with Gasteiger partial charge in [-0.3, -0.25) is 5.43 Å². The highest BCUT2D eigenvalue weighted by Crippen LogP contribution is 2.22. The Balaban J connectivity index is 1.73. The summed E-state index contributed by atoms with van der Waals surface area (Å²) in [6.45, 7) is 2.18. The summed E-state index contributed by atoms with van der Waals surface area (Å²) in [5.74, 6) is 0.863. The number of nitrogens with zero attached hydrogens (tertiary/aromatic N) is 2. The van der Waals surface area contributed by atoms with Gasteiger partial charge in [0.1, 0.15) is 0 Å². The lowest BCUT2D eigenvalue weighted by Gasteiger charge is -2.13. The molecule has 0 bridgehead atoms. The Labute approximate surface area is 126 Å². The summed E-state index contributed by atoms with van der Waals surface area (Å²) in [7, 11) is 0. The number of rotatable bonds is 3. The van der Waals surface area contributed by atoms with Gasteiger partial charge in [-0.15, -0.1) is 11.3 Å². The molecule has 5 heteroatoms. The van der Waals surface area contributed by atoms with Crippen molar-refractivity contribution in [2.75, 3.05) is 5.75 Å². The maximum atomic E-state index is 4.53. The van der Waals surface area contributed by atoms with E-state index in [0.29, 0.717) is 0 Å². The minimum atomic E-state index is 0.854. The molecular weight excluding hydrogens is 286 g/mol. The molecule has 1 N–H and O–H groups in total. The van der Waals surface area contributed by atoms with Crippen LogP contribution in [0, 0.1) is 0 Å². The number of amidine groups is 1. The van der Waals surface area contributed by atoms with E-state index in [-0.39, 0.29) is 0 Å². The van der Waals surface area contributed by atoms with Gasteiger partial charge in [-0.05, 0) is 30.7 Å². The Morgan fingerprint density at radius 1 is 1.20 bits per heavy atom. The van der Waals surface area contributed by atoms with Crippen LogP contribution >= 0.6 is 23.1 Å². The van der Waals surface area contributed by atoms with E-state index in [1.807, 2.05) is 41.7 Å². The number of aliphatic imine (C=N–C) groups is 1. The Morgan fingerprint density at radius 2 is 2.05 bits per heavy atom. The summed E-state index contributed by atoms with van der Waals surface area (Å²) < 4.78 is 0. The van der Waals surface area contributed by atoms with Gasteiger partial charge < -0.3 is 0 Å². The number of hydrogen-bond donors (Lipinski definition) is 1. The van der Waals surface area contributed by atoms with Crippen LogP contribution in [-0.2, 0) is 6.42 Å². The van der Waals surface area contributed by atoms with Crippen molar-refractivity contribution >= 4 is 39.7 Å². The Morgan fingerprint density at radius 3 is 2.70 bits per heavy atom. The summed E-state index contributed by atoms with van der Waals surface area (Å²) in [4.78, 5) is 7.18. The fourth-order valence-corrected chi connectivity index (χ4v) is 3.64. The first-order valence-corrected chi connectivity index (χ1v) is 8.33. The molecular formula is C15H15N3S2. The van der Waals surface area contributed by atoms with Crippen molar-refractivity contribution in [3.05, 3.63) is 52.2 Å². The summed E-state index contributed by atoms with van der Waals surface area (Å²) in [5.41, 5.74) is 5.10. The molecule has 2 aromatic rings. The van der Waals surface area contributed by atoms with Crippen molar-refractivity contribution in [2.45, 2.75) is 13.3 Å². The monoisotopic (exact) mass is 301 g/mol. The third kappa shape index (κ3) is 3.11. The van der Waals surface area contributed by atoms with E-state index in [1.165, 1.54) is 9.75 Å². The lowest BCUT2D eigenvalue weighted by molar-refractivity contribution is 1.04. The van der Waals surface area contributed by atoms with Crippen molar-refractivity contribution < 1.29 is 0 Å². The molecule has 0 radical (unpaired) electrons. The van der Waals surface area contributed by atoms with Crippen molar-refractivity contribution in [1.29, 1.82) is 0 Å². The van der Waals surface area contributed by atoms with E-state index in [1.54, 1.807) is 11.8 Å². The topological polar surface area (TPSA) is 36.8 Å². The highest BCUT2D eigenvalue weighted by molar-refractivity contribution is 8.14. The van der Waals surface area contributed by atoms with Gasteiger partial charge in [0, 0.05) is 10.6 Å². The molecule has 0 saturated heterocycles. The molecule has 0 fully saturated rings. The summed E-state index contributed by atoms with van der Waals surface area (Å²) in [6, 6.07) is 14.3. The van der Waals surface area contributed by atoms with Gasteiger partial charge in [-0.2, -0.15) is 5.10 Å². The Bertz CT molecular complexity index is 644. The number of aryl methyl sites for hydroxylation is 1. The maximum Gasteiger partial charge on any atom is 0.182 e. The van der Waals surface area contributed by atoms with E-state index in [0.717, 1.165) is 28.7 Å². The highest BCUT2D eigenvalue weighted by Gasteiger charge is 2.14. The fraction of sp³-hybridized carbons (Fsp3) is 0.200. The zero-order valence-corrected chi connectivity index (χ0v) is 12.8. The van der Waals surface area contributed by atoms with Gasteiger partial charge in [-0.25, -0.2) is 4.99 Å². The number of thiophene rings is 1. The van der Waals surface area contributed by atoms with Crippen LogP contribution < -0.4 is 5.43 Å². The molecule has 1 aromatic heterocycles. The van der Waals surface area contributed by atoms with Crippen LogP contribution in [0.15, 0.2) is 52.6 Å². The molecule has 3 nitrogen and oxygen atoms in total. The zero-order valence-electron chi connectivity index (χ0n) is 11.2. The summed E-state index contributed by atoms with van der Waals surface area (Å²) in [5, 5.41) is 5.30. The molecule has 0 atom stereocenters. The standard InChI is InChI=1S/C15H15N3S2/c1-2-12-8-9-14(20-12)13-10-19-15(18-17-13)16-11-6-4-3-5-7-11/h3-9H,2,10H2,1H3,(H,16,18). The van der Waals surface area contributed by atoms with E-state index in [4.69, 9.17) is 0 Å². The minimum Gasteiger partial charge on any atom is -0.255 e. The lowest BCUT2D eigenvalue weighted by atomic mass is 10.3. The van der Waals surface area contributed by atoms with E-state index < -0.39 is 0 Å². The number of nitrogens with one attached hydrogen (secondary N) is 1. The van der Waals surface area contributed by atoms with Crippen molar-refractivity contribution in [3.63, 3.8) is 0 Å². The van der Waals surface area contributed by atoms with Crippen LogP contribution in [-0.4, -0.2) is 16.6 Å². The predicted octanol–water partition coefficient (Wildman–Crippen LogP) is 4.04. The molecule has 102 valence electrons. The third-order valence-corrected chi connectivity index (χ3v) is 5.07. The first kappa shape index (κ1) is 13.4. The number of hydrogen-bond acceptors (Lipinski definition) is 4. The molecule has 0 amide bonds. The average molecular weight is 301 g/mol. The first-order valence-electron chi connectivity index (χ1n) is 6.53. The molecule has 3 rings (SSSR count). The first-order chi connectivity index (χ1) is 9.85. The minimum absolute atomic E-state index is 0.854. The van der Waals surface area contributed by atoms with Crippen LogP contribution in [0.25, 0.3) is 0 Å². The molecule has 0 aliphatic carbocycles. The maximum absolute atomic E-state index is 4.53. The second-order valence-corrected chi connectivity index (χ2v) is 6.46. The molecule has 0 spiro atoms. The Kier molecular flexibility index (Phi) is 4.18. The molecule has 2 heterocycles. The van der Waals surface area contributed by atoms with Crippen LogP contribution in [0.2, 0.25) is 0 Å². The van der Waals surface area contributed by atoms with Gasteiger partial charge >= 0.3 is 0 Å². The summed E-state index contributed by atoms with van der Waals surface area (Å²) in [6.07, 6.45) is 1.08. The quantitative estimate of drug-likeness (QED) is 0.929. The molecule has 1 aromatic carbocycles. The Hall–Kier alpha value is -1.59. The largest absolute Gasteiger partial charge is 0.255 e. The zero-order chi connectivity index (χ0) is 13.8. The summed E-state index contributed by atoms with van der Waals surface area (Å²) >= 11 is 3.51. The van der Waals surface area contributed by atoms with Gasteiger partial charge in [-0.1, -0.05) is 36.9 Å². The third-order valence-electron chi connectivity index (χ3n) is 2.91. The normalized spacial score (nSPS) is 16.9. The average Bonchev–Trinajstić information content (AvgIpc) is 2.98. The van der Waals surface area contributed by atoms with Crippen LogP contribution in [0.1, 0.15) is 16.7 Å². The van der Waals surface area contributed by atoms with E-state index >= 15 is 0 Å². The predicted molar refractivity (Wildman–Crippen MR) is 89.4 cm³/mol. The van der Waals surface area contributed by atoms with Crippen LogP contribution in [0.4, 0.5) is 5.69 Å². The van der Waals surface area contributed by atoms with Crippen molar-refractivity contribution in [1.82, 2.24) is 5.43 Å². The molecule has 20 heavy (non-hydrogen) atoms. The van der Waals surface area contributed by atoms with Crippen molar-refractivity contribution in [2.24, 2.45) is 10.1 Å². The lowest BCUT2D eigenvalue weighted by Crippen LogP contribution is -2.24. The SMILES string of the molecule is CCc1ccc(C2=NNC(=Nc3ccccc3)SC2)s1. The van der Waals surface area contributed by atoms with E-state index in [9.17, 15) is 0 Å². The van der Waals surface area contributed by atoms with Crippen molar-refractivity contribution in [3.8, 4) is 0 Å².